The summed E-state index contributed by atoms with van der Waals surface area (Å²) in [4.78, 5) is 46.2. The van der Waals surface area contributed by atoms with Crippen molar-refractivity contribution in [3.63, 3.8) is 0 Å². The maximum atomic E-state index is 14.0. The smallest absolute Gasteiger partial charge is 0.276 e. The van der Waals surface area contributed by atoms with Crippen LogP contribution in [0.2, 0.25) is 0 Å². The van der Waals surface area contributed by atoms with E-state index < -0.39 is 0 Å². The van der Waals surface area contributed by atoms with Crippen molar-refractivity contribution in [1.82, 2.24) is 59.7 Å². The first kappa shape index (κ1) is 28.8. The highest BCUT2D eigenvalue weighted by Crippen LogP contribution is 2.25. The van der Waals surface area contributed by atoms with E-state index in [2.05, 4.69) is 30.9 Å². The zero-order valence-corrected chi connectivity index (χ0v) is 24.7. The number of hydrogen-bond acceptors (Lipinski definition) is 9. The minimum absolute atomic E-state index is 0.00357. The fourth-order valence-corrected chi connectivity index (χ4v) is 4.75. The Morgan fingerprint density at radius 2 is 0.900 bits per heavy atom. The molecule has 1 saturated heterocycles. The van der Waals surface area contributed by atoms with E-state index in [4.69, 9.17) is 0 Å². The zero-order chi connectivity index (χ0) is 29.5. The fraction of sp³-hybridized carbons (Fsp3) is 0.640. The van der Waals surface area contributed by atoms with Gasteiger partial charge >= 0.3 is 0 Å². The first-order valence-electron chi connectivity index (χ1n) is 13.4. The van der Waals surface area contributed by atoms with Gasteiger partial charge in [0.1, 0.15) is 17.1 Å². The molecular weight excluding hydrogens is 516 g/mol. The molecule has 1 fully saturated rings. The average molecular weight is 555 g/mol. The van der Waals surface area contributed by atoms with Crippen molar-refractivity contribution >= 4 is 17.7 Å². The molecule has 0 bridgehead atoms. The van der Waals surface area contributed by atoms with Gasteiger partial charge in [-0.3, -0.25) is 14.4 Å². The number of amides is 3. The molecule has 15 heteroatoms. The fourth-order valence-electron chi connectivity index (χ4n) is 4.75. The molecule has 1 unspecified atom stereocenters. The summed E-state index contributed by atoms with van der Waals surface area (Å²) in [6, 6.07) is 0. The molecule has 3 aromatic rings. The number of nitrogens with zero attached hydrogens (tertiary/aromatic N) is 12. The molecule has 1 atom stereocenters. The highest BCUT2D eigenvalue weighted by molar-refractivity contribution is 5.98. The van der Waals surface area contributed by atoms with Gasteiger partial charge in [-0.05, 0) is 18.3 Å². The van der Waals surface area contributed by atoms with Crippen LogP contribution in [-0.4, -0.2) is 97.4 Å². The molecule has 0 N–H and O–H groups in total. The number of aromatic nitrogens is 9. The number of rotatable bonds is 7. The Morgan fingerprint density at radius 3 is 1.20 bits per heavy atom. The second-order valence-electron chi connectivity index (χ2n) is 10.9. The summed E-state index contributed by atoms with van der Waals surface area (Å²) in [5.74, 6) is -1.26. The average Bonchev–Trinajstić information content (AvgIpc) is 3.62. The third kappa shape index (κ3) is 5.07. The predicted molar refractivity (Wildman–Crippen MR) is 143 cm³/mol. The van der Waals surface area contributed by atoms with Crippen LogP contribution in [0, 0.1) is 0 Å². The number of carbonyl (C=O) groups is 3. The van der Waals surface area contributed by atoms with Gasteiger partial charge < -0.3 is 14.7 Å². The largest absolute Gasteiger partial charge is 0.301 e. The molecule has 0 aromatic carbocycles. The molecule has 1 aliphatic rings. The summed E-state index contributed by atoms with van der Waals surface area (Å²) in [6.45, 7) is 11.6. The maximum absolute atomic E-state index is 14.0. The van der Waals surface area contributed by atoms with E-state index in [1.54, 1.807) is 21.1 Å². The Labute approximate surface area is 233 Å². The van der Waals surface area contributed by atoms with Crippen molar-refractivity contribution in [2.75, 3.05) is 20.0 Å². The lowest BCUT2D eigenvalue weighted by Crippen LogP contribution is -2.60. The standard InChI is InChI=1S/C25H38N12O3/c1-10-16(6)19-22(34(9)31-28-19)25(40)37-12-35(23(38)20-17(14(2)3)26-29-32(20)7)11-36(13-37)24(39)21-18(15(4)5)27-30-33(21)8/h14-16H,10-13H2,1-9H3. The normalized spacial score (nSPS) is 14.9. The van der Waals surface area contributed by atoms with Gasteiger partial charge in [-0.2, -0.15) is 0 Å². The van der Waals surface area contributed by atoms with E-state index in [-0.39, 0.29) is 55.5 Å². The quantitative estimate of drug-likeness (QED) is 0.422. The van der Waals surface area contributed by atoms with Crippen LogP contribution in [0.4, 0.5) is 0 Å². The molecule has 1 aliphatic heterocycles. The molecule has 4 heterocycles. The van der Waals surface area contributed by atoms with Crippen molar-refractivity contribution in [2.45, 2.75) is 65.7 Å². The summed E-state index contributed by atoms with van der Waals surface area (Å²) in [5.41, 5.74) is 2.61. The van der Waals surface area contributed by atoms with Crippen LogP contribution in [0.5, 0.6) is 0 Å². The SMILES string of the molecule is CCC(C)c1nnn(C)c1C(=O)N1CN(C(=O)c2c(C(C)C)nnn2C)CN(C(=O)c2c(C(C)C)nnn2C)C1. The van der Waals surface area contributed by atoms with Crippen molar-refractivity contribution < 1.29 is 14.4 Å². The van der Waals surface area contributed by atoms with Crippen molar-refractivity contribution in [3.8, 4) is 0 Å². The molecule has 15 nitrogen and oxygen atoms in total. The molecule has 0 saturated carbocycles. The van der Waals surface area contributed by atoms with E-state index in [0.717, 1.165) is 6.42 Å². The highest BCUT2D eigenvalue weighted by atomic mass is 16.2. The minimum Gasteiger partial charge on any atom is -0.301 e. The Hall–Kier alpha value is -4.17. The molecule has 3 aromatic heterocycles. The molecule has 3 amide bonds. The van der Waals surface area contributed by atoms with Crippen LogP contribution in [-0.2, 0) is 21.1 Å². The summed E-state index contributed by atoms with van der Waals surface area (Å²) in [6.07, 6.45) is 0.769. The second kappa shape index (κ2) is 11.1. The lowest BCUT2D eigenvalue weighted by atomic mass is 10.0. The Bertz CT molecular complexity index is 1350. The summed E-state index contributed by atoms with van der Waals surface area (Å²) < 4.78 is 4.30. The second-order valence-corrected chi connectivity index (χ2v) is 10.9. The summed E-state index contributed by atoms with van der Waals surface area (Å²) >= 11 is 0. The van der Waals surface area contributed by atoms with Crippen LogP contribution in [0.15, 0.2) is 0 Å². The first-order valence-corrected chi connectivity index (χ1v) is 13.4. The number of hydrogen-bond donors (Lipinski definition) is 0. The van der Waals surface area contributed by atoms with Crippen molar-refractivity contribution in [1.29, 1.82) is 0 Å². The zero-order valence-electron chi connectivity index (χ0n) is 24.7. The number of carbonyl (C=O) groups excluding carboxylic acids is 3. The van der Waals surface area contributed by atoms with Gasteiger partial charge in [0.2, 0.25) is 0 Å². The van der Waals surface area contributed by atoms with Crippen LogP contribution in [0.25, 0.3) is 0 Å². The van der Waals surface area contributed by atoms with Crippen LogP contribution in [0.3, 0.4) is 0 Å². The highest BCUT2D eigenvalue weighted by Gasteiger charge is 2.39. The van der Waals surface area contributed by atoms with Gasteiger partial charge in [0, 0.05) is 27.1 Å². The van der Waals surface area contributed by atoms with E-state index in [0.29, 0.717) is 34.2 Å². The molecular formula is C25H38N12O3. The Balaban J connectivity index is 1.76. The minimum atomic E-state index is -0.385. The van der Waals surface area contributed by atoms with Crippen LogP contribution in [0.1, 0.15) is 114 Å². The molecule has 0 aliphatic carbocycles. The van der Waals surface area contributed by atoms with Crippen molar-refractivity contribution in [3.05, 3.63) is 34.2 Å². The lowest BCUT2D eigenvalue weighted by Gasteiger charge is -2.42. The Kier molecular flexibility index (Phi) is 8.03. The van der Waals surface area contributed by atoms with Gasteiger partial charge in [0.15, 0.2) is 0 Å². The van der Waals surface area contributed by atoms with E-state index in [1.807, 2.05) is 41.5 Å². The molecule has 0 spiro atoms. The van der Waals surface area contributed by atoms with Gasteiger partial charge in [0.25, 0.3) is 17.7 Å². The lowest BCUT2D eigenvalue weighted by molar-refractivity contribution is -0.00748. The molecule has 4 rings (SSSR count). The third-order valence-electron chi connectivity index (χ3n) is 7.23. The first-order chi connectivity index (χ1) is 18.9. The third-order valence-corrected chi connectivity index (χ3v) is 7.23. The maximum Gasteiger partial charge on any atom is 0.276 e. The number of aryl methyl sites for hydroxylation is 3. The van der Waals surface area contributed by atoms with Gasteiger partial charge in [0.05, 0.1) is 37.1 Å². The van der Waals surface area contributed by atoms with Gasteiger partial charge in [-0.1, -0.05) is 57.2 Å². The topological polar surface area (TPSA) is 153 Å². The van der Waals surface area contributed by atoms with Crippen molar-refractivity contribution in [2.24, 2.45) is 21.1 Å². The van der Waals surface area contributed by atoms with Crippen LogP contribution < -0.4 is 0 Å². The van der Waals surface area contributed by atoms with E-state index in [9.17, 15) is 14.4 Å². The summed E-state index contributed by atoms with van der Waals surface area (Å²) in [7, 11) is 4.96. The monoisotopic (exact) mass is 554 g/mol. The molecule has 0 radical (unpaired) electrons. The van der Waals surface area contributed by atoms with Gasteiger partial charge in [-0.15, -0.1) is 15.3 Å². The predicted octanol–water partition coefficient (Wildman–Crippen LogP) is 1.45. The van der Waals surface area contributed by atoms with E-state index >= 15 is 0 Å². The molecule has 40 heavy (non-hydrogen) atoms. The van der Waals surface area contributed by atoms with E-state index in [1.165, 1.54) is 28.7 Å². The Morgan fingerprint density at radius 1 is 0.600 bits per heavy atom. The van der Waals surface area contributed by atoms with Gasteiger partial charge in [-0.25, -0.2) is 14.0 Å². The van der Waals surface area contributed by atoms with Crippen LogP contribution >= 0.6 is 0 Å². The molecule has 216 valence electrons. The summed E-state index contributed by atoms with van der Waals surface area (Å²) in [5, 5.41) is 24.8.